The Kier molecular flexibility index (Phi) is 6.73. The number of nitrogens with one attached hydrogen (secondary N) is 3. The molecular weight excluding hydrogens is 309 g/mol. The van der Waals surface area contributed by atoms with Crippen LogP contribution in [0.5, 0.6) is 0 Å². The molecule has 1 unspecified atom stereocenters. The van der Waals surface area contributed by atoms with Crippen molar-refractivity contribution < 1.29 is 14.0 Å². The Labute approximate surface area is 142 Å². The second kappa shape index (κ2) is 8.78. The second-order valence-electron chi connectivity index (χ2n) is 5.91. The van der Waals surface area contributed by atoms with Gasteiger partial charge in [0, 0.05) is 12.1 Å². The van der Waals surface area contributed by atoms with E-state index in [1.165, 1.54) is 6.07 Å². The van der Waals surface area contributed by atoms with Crippen LogP contribution in [0.15, 0.2) is 18.2 Å². The van der Waals surface area contributed by atoms with E-state index in [4.69, 9.17) is 0 Å². The number of hydrogen-bond donors (Lipinski definition) is 3. The first kappa shape index (κ1) is 18.4. The van der Waals surface area contributed by atoms with Gasteiger partial charge in [-0.15, -0.1) is 0 Å². The normalized spacial score (nSPS) is 21.5. The van der Waals surface area contributed by atoms with Crippen LogP contribution in [0, 0.1) is 5.82 Å². The molecule has 3 N–H and O–H groups in total. The summed E-state index contributed by atoms with van der Waals surface area (Å²) >= 11 is 0. The van der Waals surface area contributed by atoms with Crippen LogP contribution in [0.1, 0.15) is 51.0 Å². The fourth-order valence-corrected chi connectivity index (χ4v) is 3.11. The van der Waals surface area contributed by atoms with Crippen LogP contribution in [-0.4, -0.2) is 30.9 Å². The quantitative estimate of drug-likeness (QED) is 0.743. The minimum absolute atomic E-state index is 0.194. The molecule has 2 aliphatic heterocycles. The molecule has 2 aliphatic rings. The van der Waals surface area contributed by atoms with Gasteiger partial charge in [-0.1, -0.05) is 13.8 Å². The predicted octanol–water partition coefficient (Wildman–Crippen LogP) is 2.54. The fraction of sp³-hybridized carbons (Fsp3) is 0.556. The van der Waals surface area contributed by atoms with Crippen molar-refractivity contribution in [3.05, 3.63) is 29.6 Å². The van der Waals surface area contributed by atoms with Crippen molar-refractivity contribution in [3.63, 3.8) is 0 Å². The van der Waals surface area contributed by atoms with Crippen molar-refractivity contribution >= 4 is 17.5 Å². The molecule has 1 aromatic carbocycles. The van der Waals surface area contributed by atoms with Gasteiger partial charge in [-0.3, -0.25) is 14.9 Å². The third-order valence-electron chi connectivity index (χ3n) is 4.36. The minimum atomic E-state index is -0.441. The Balaban J connectivity index is 0.00000100. The smallest absolute Gasteiger partial charge is 0.249 e. The highest BCUT2D eigenvalue weighted by Gasteiger charge is 2.27. The molecule has 0 radical (unpaired) electrons. The Bertz CT molecular complexity index is 586. The number of carbonyl (C=O) groups excluding carboxylic acids is 2. The molecule has 0 aromatic heterocycles. The number of imide groups is 1. The van der Waals surface area contributed by atoms with Crippen LogP contribution in [0.3, 0.4) is 0 Å². The largest absolute Gasteiger partial charge is 0.374 e. The molecule has 1 atom stereocenters. The summed E-state index contributed by atoms with van der Waals surface area (Å²) in [6.07, 6.45) is 2.62. The summed E-state index contributed by atoms with van der Waals surface area (Å²) < 4.78 is 14.1. The highest BCUT2D eigenvalue weighted by molar-refractivity contribution is 6.01. The summed E-state index contributed by atoms with van der Waals surface area (Å²) in [6.45, 7) is 5.80. The SMILES string of the molecule is CC.O=C1CCC(Nc2ccc(F)c(C3CCNCC3)c2)C(=O)N1. The van der Waals surface area contributed by atoms with E-state index in [9.17, 15) is 14.0 Å². The Morgan fingerprint density at radius 2 is 1.83 bits per heavy atom. The zero-order valence-electron chi connectivity index (χ0n) is 14.3. The minimum Gasteiger partial charge on any atom is -0.374 e. The van der Waals surface area contributed by atoms with Crippen molar-refractivity contribution in [1.82, 2.24) is 10.6 Å². The number of anilines is 1. The lowest BCUT2D eigenvalue weighted by Crippen LogP contribution is -2.47. The summed E-state index contributed by atoms with van der Waals surface area (Å²) in [6, 6.07) is 4.45. The molecule has 0 saturated carbocycles. The van der Waals surface area contributed by atoms with Crippen LogP contribution >= 0.6 is 0 Å². The number of rotatable bonds is 3. The van der Waals surface area contributed by atoms with Crippen LogP contribution in [-0.2, 0) is 9.59 Å². The molecule has 132 valence electrons. The average Bonchev–Trinajstić information content (AvgIpc) is 2.61. The van der Waals surface area contributed by atoms with Gasteiger partial charge in [0.25, 0.3) is 0 Å². The first-order valence-corrected chi connectivity index (χ1v) is 8.74. The molecule has 5 nitrogen and oxygen atoms in total. The van der Waals surface area contributed by atoms with Crippen molar-refractivity contribution in [1.29, 1.82) is 0 Å². The number of carbonyl (C=O) groups is 2. The lowest BCUT2D eigenvalue weighted by Gasteiger charge is -2.26. The summed E-state index contributed by atoms with van der Waals surface area (Å²) in [5, 5.41) is 8.70. The van der Waals surface area contributed by atoms with Gasteiger partial charge in [0.2, 0.25) is 11.8 Å². The maximum absolute atomic E-state index is 14.1. The number of benzene rings is 1. The van der Waals surface area contributed by atoms with E-state index in [2.05, 4.69) is 16.0 Å². The molecule has 2 heterocycles. The van der Waals surface area contributed by atoms with E-state index < -0.39 is 6.04 Å². The maximum Gasteiger partial charge on any atom is 0.249 e. The first-order valence-electron chi connectivity index (χ1n) is 8.74. The molecule has 0 aliphatic carbocycles. The molecule has 0 bridgehead atoms. The van der Waals surface area contributed by atoms with Crippen LogP contribution in [0.25, 0.3) is 0 Å². The summed E-state index contributed by atoms with van der Waals surface area (Å²) in [5.74, 6) is -0.535. The molecule has 2 fully saturated rings. The second-order valence-corrected chi connectivity index (χ2v) is 5.91. The average molecular weight is 335 g/mol. The van der Waals surface area contributed by atoms with Gasteiger partial charge in [-0.05, 0) is 62.0 Å². The van der Waals surface area contributed by atoms with E-state index in [1.54, 1.807) is 12.1 Å². The lowest BCUT2D eigenvalue weighted by molar-refractivity contribution is -0.133. The maximum atomic E-state index is 14.1. The molecular formula is C18H26FN3O2. The Hall–Kier alpha value is -1.95. The van der Waals surface area contributed by atoms with Gasteiger partial charge in [-0.25, -0.2) is 4.39 Å². The van der Waals surface area contributed by atoms with Crippen LogP contribution in [0.2, 0.25) is 0 Å². The van der Waals surface area contributed by atoms with Crippen LogP contribution < -0.4 is 16.0 Å². The standard InChI is InChI=1S/C16H20FN3O2.C2H6/c17-13-2-1-11(9-12(13)10-5-7-18-8-6-10)19-14-3-4-15(21)20-16(14)22;1-2/h1-2,9-10,14,18-19H,3-8H2,(H,20,21,22);1-2H3. The molecule has 6 heteroatoms. The Morgan fingerprint density at radius 1 is 1.12 bits per heavy atom. The predicted molar refractivity (Wildman–Crippen MR) is 92.4 cm³/mol. The highest BCUT2D eigenvalue weighted by atomic mass is 19.1. The summed E-state index contributed by atoms with van der Waals surface area (Å²) in [4.78, 5) is 22.9. The van der Waals surface area contributed by atoms with Crippen LogP contribution in [0.4, 0.5) is 10.1 Å². The monoisotopic (exact) mass is 335 g/mol. The molecule has 1 aromatic rings. The zero-order chi connectivity index (χ0) is 17.5. The summed E-state index contributed by atoms with van der Waals surface area (Å²) in [7, 11) is 0. The van der Waals surface area contributed by atoms with Gasteiger partial charge in [-0.2, -0.15) is 0 Å². The third kappa shape index (κ3) is 4.54. The van der Waals surface area contributed by atoms with Gasteiger partial charge < -0.3 is 10.6 Å². The number of halogens is 1. The van der Waals surface area contributed by atoms with Gasteiger partial charge in [0.15, 0.2) is 0 Å². The number of amides is 2. The first-order chi connectivity index (χ1) is 11.6. The van der Waals surface area contributed by atoms with E-state index in [-0.39, 0.29) is 23.5 Å². The zero-order valence-corrected chi connectivity index (χ0v) is 14.3. The highest BCUT2D eigenvalue weighted by Crippen LogP contribution is 2.30. The van der Waals surface area contributed by atoms with E-state index in [0.717, 1.165) is 31.6 Å². The van der Waals surface area contributed by atoms with Gasteiger partial charge >= 0.3 is 0 Å². The van der Waals surface area contributed by atoms with Crippen molar-refractivity contribution in [2.75, 3.05) is 18.4 Å². The lowest BCUT2D eigenvalue weighted by atomic mass is 9.89. The molecule has 2 saturated heterocycles. The molecule has 2 amide bonds. The molecule has 3 rings (SSSR count). The number of piperidine rings is 2. The van der Waals surface area contributed by atoms with Crippen molar-refractivity contribution in [2.24, 2.45) is 0 Å². The van der Waals surface area contributed by atoms with E-state index in [1.807, 2.05) is 13.8 Å². The Morgan fingerprint density at radius 3 is 2.50 bits per heavy atom. The van der Waals surface area contributed by atoms with E-state index in [0.29, 0.717) is 18.4 Å². The van der Waals surface area contributed by atoms with Gasteiger partial charge in [0.1, 0.15) is 11.9 Å². The fourth-order valence-electron chi connectivity index (χ4n) is 3.11. The number of hydrogen-bond acceptors (Lipinski definition) is 4. The van der Waals surface area contributed by atoms with E-state index >= 15 is 0 Å². The van der Waals surface area contributed by atoms with Crippen molar-refractivity contribution in [2.45, 2.75) is 51.5 Å². The molecule has 0 spiro atoms. The summed E-state index contributed by atoms with van der Waals surface area (Å²) in [5.41, 5.74) is 1.43. The van der Waals surface area contributed by atoms with Crippen molar-refractivity contribution in [3.8, 4) is 0 Å². The molecule has 24 heavy (non-hydrogen) atoms. The van der Waals surface area contributed by atoms with Gasteiger partial charge in [0.05, 0.1) is 0 Å². The third-order valence-corrected chi connectivity index (χ3v) is 4.36. The topological polar surface area (TPSA) is 70.2 Å².